The minimum Gasteiger partial charge on any atom is -0.480 e. The van der Waals surface area contributed by atoms with Crippen molar-refractivity contribution in [2.45, 2.75) is 32.2 Å². The highest BCUT2D eigenvalue weighted by Crippen LogP contribution is 2.17. The van der Waals surface area contributed by atoms with Crippen molar-refractivity contribution in [2.75, 3.05) is 5.32 Å². The molecular weight excluding hydrogens is 254 g/mol. The van der Waals surface area contributed by atoms with Crippen LogP contribution in [0.4, 0.5) is 5.82 Å². The van der Waals surface area contributed by atoms with Gasteiger partial charge in [0, 0.05) is 0 Å². The molecule has 5 nitrogen and oxygen atoms in total. The zero-order valence-electron chi connectivity index (χ0n) is 9.98. The van der Waals surface area contributed by atoms with Crippen LogP contribution in [0.2, 0.25) is 5.02 Å². The topological polar surface area (TPSA) is 86.0 Å². The van der Waals surface area contributed by atoms with E-state index in [1.165, 1.54) is 6.07 Å². The van der Waals surface area contributed by atoms with Crippen molar-refractivity contribution in [3.05, 3.63) is 22.8 Å². The number of hydrogen-bond donors (Lipinski definition) is 2. The van der Waals surface area contributed by atoms with Gasteiger partial charge in [0.25, 0.3) is 0 Å². The minimum atomic E-state index is -0.932. The molecule has 0 aliphatic carbocycles. The van der Waals surface area contributed by atoms with Crippen molar-refractivity contribution < 1.29 is 9.90 Å². The van der Waals surface area contributed by atoms with Gasteiger partial charge in [0.05, 0.1) is 5.02 Å². The van der Waals surface area contributed by atoms with Gasteiger partial charge in [-0.2, -0.15) is 5.26 Å². The maximum absolute atomic E-state index is 11.0. The second kappa shape index (κ2) is 6.82. The first-order valence-corrected chi connectivity index (χ1v) is 6.02. The first-order valence-electron chi connectivity index (χ1n) is 5.64. The molecule has 0 aliphatic rings. The number of aliphatic carboxylic acids is 1. The van der Waals surface area contributed by atoms with Crippen LogP contribution in [0.1, 0.15) is 31.9 Å². The summed E-state index contributed by atoms with van der Waals surface area (Å²) >= 11 is 5.75. The number of anilines is 1. The lowest BCUT2D eigenvalue weighted by Crippen LogP contribution is -2.29. The molecule has 18 heavy (non-hydrogen) atoms. The van der Waals surface area contributed by atoms with Gasteiger partial charge < -0.3 is 10.4 Å². The summed E-state index contributed by atoms with van der Waals surface area (Å²) in [7, 11) is 0. The number of carbonyl (C=O) groups is 1. The number of nitrogens with zero attached hydrogens (tertiary/aromatic N) is 2. The summed E-state index contributed by atoms with van der Waals surface area (Å²) in [6, 6.07) is 4.23. The Hall–Kier alpha value is -1.80. The number of rotatable bonds is 6. The largest absolute Gasteiger partial charge is 0.480 e. The number of hydrogen-bond acceptors (Lipinski definition) is 4. The fourth-order valence-corrected chi connectivity index (χ4v) is 1.59. The Morgan fingerprint density at radius 3 is 2.94 bits per heavy atom. The Morgan fingerprint density at radius 1 is 1.67 bits per heavy atom. The van der Waals surface area contributed by atoms with E-state index >= 15 is 0 Å². The summed E-state index contributed by atoms with van der Waals surface area (Å²) in [5.74, 6) is -0.585. The summed E-state index contributed by atoms with van der Waals surface area (Å²) in [5, 5.41) is 20.9. The van der Waals surface area contributed by atoms with Crippen molar-refractivity contribution >= 4 is 23.4 Å². The van der Waals surface area contributed by atoms with Gasteiger partial charge in [0.2, 0.25) is 0 Å². The number of carboxylic acids is 1. The van der Waals surface area contributed by atoms with Crippen molar-refractivity contribution in [1.29, 1.82) is 5.26 Å². The Labute approximate surface area is 110 Å². The van der Waals surface area contributed by atoms with E-state index < -0.39 is 12.0 Å². The second-order valence-electron chi connectivity index (χ2n) is 3.82. The maximum atomic E-state index is 11.0. The third-order valence-corrected chi connectivity index (χ3v) is 2.72. The van der Waals surface area contributed by atoms with Gasteiger partial charge in [-0.05, 0) is 18.6 Å². The molecule has 0 fully saturated rings. The van der Waals surface area contributed by atoms with Gasteiger partial charge >= 0.3 is 5.97 Å². The maximum Gasteiger partial charge on any atom is 0.326 e. The summed E-state index contributed by atoms with van der Waals surface area (Å²) in [6.45, 7) is 1.99. The molecule has 1 aromatic rings. The van der Waals surface area contributed by atoms with Gasteiger partial charge in [0.1, 0.15) is 17.9 Å². The number of aromatic nitrogens is 1. The molecule has 1 heterocycles. The van der Waals surface area contributed by atoms with E-state index in [1.807, 2.05) is 13.0 Å². The molecule has 1 aromatic heterocycles. The van der Waals surface area contributed by atoms with E-state index in [0.717, 1.165) is 12.8 Å². The molecule has 1 rings (SSSR count). The van der Waals surface area contributed by atoms with Gasteiger partial charge in [-0.1, -0.05) is 31.4 Å². The Kier molecular flexibility index (Phi) is 5.40. The monoisotopic (exact) mass is 267 g/mol. The molecular formula is C12H14ClN3O2. The van der Waals surface area contributed by atoms with E-state index in [4.69, 9.17) is 22.0 Å². The van der Waals surface area contributed by atoms with Crippen LogP contribution in [0, 0.1) is 11.3 Å². The van der Waals surface area contributed by atoms with Crippen LogP contribution < -0.4 is 5.32 Å². The number of unbranched alkanes of at least 4 members (excludes halogenated alkanes) is 1. The summed E-state index contributed by atoms with van der Waals surface area (Å²) < 4.78 is 0. The molecule has 1 atom stereocenters. The molecule has 96 valence electrons. The third kappa shape index (κ3) is 3.90. The highest BCUT2D eigenvalue weighted by Gasteiger charge is 2.17. The van der Waals surface area contributed by atoms with Crippen LogP contribution in [0.5, 0.6) is 0 Å². The van der Waals surface area contributed by atoms with Crippen LogP contribution in [0.25, 0.3) is 0 Å². The van der Waals surface area contributed by atoms with E-state index in [0.29, 0.717) is 12.2 Å². The molecule has 0 unspecified atom stereocenters. The van der Waals surface area contributed by atoms with Crippen LogP contribution in [-0.4, -0.2) is 22.1 Å². The van der Waals surface area contributed by atoms with Crippen LogP contribution in [0.15, 0.2) is 12.1 Å². The predicted octanol–water partition coefficient (Wildman–Crippen LogP) is 2.66. The highest BCUT2D eigenvalue weighted by atomic mass is 35.5. The molecule has 0 saturated heterocycles. The smallest absolute Gasteiger partial charge is 0.326 e. The van der Waals surface area contributed by atoms with Gasteiger partial charge in [-0.15, -0.1) is 0 Å². The van der Waals surface area contributed by atoms with Crippen molar-refractivity contribution in [3.63, 3.8) is 0 Å². The first-order chi connectivity index (χ1) is 8.58. The number of pyridine rings is 1. The molecule has 0 aromatic carbocycles. The zero-order chi connectivity index (χ0) is 13.5. The van der Waals surface area contributed by atoms with E-state index in [-0.39, 0.29) is 10.7 Å². The Morgan fingerprint density at radius 2 is 2.39 bits per heavy atom. The fourth-order valence-electron chi connectivity index (χ4n) is 1.45. The van der Waals surface area contributed by atoms with Gasteiger partial charge in [0.15, 0.2) is 5.69 Å². The molecule has 2 N–H and O–H groups in total. The SMILES string of the molecule is CCCC[C@H](Nc1ccc(Cl)c(C#N)n1)C(=O)O. The molecule has 0 saturated carbocycles. The Balaban J connectivity index is 2.81. The molecule has 0 aliphatic heterocycles. The van der Waals surface area contributed by atoms with Crippen LogP contribution in [0.3, 0.4) is 0 Å². The zero-order valence-corrected chi connectivity index (χ0v) is 10.7. The molecule has 0 amide bonds. The Bertz CT molecular complexity index is 471. The fraction of sp³-hybridized carbons (Fsp3) is 0.417. The lowest BCUT2D eigenvalue weighted by molar-refractivity contribution is -0.138. The van der Waals surface area contributed by atoms with Crippen molar-refractivity contribution in [1.82, 2.24) is 4.98 Å². The molecule has 0 radical (unpaired) electrons. The number of halogens is 1. The standard InChI is InChI=1S/C12H14ClN3O2/c1-2-3-4-9(12(17)18)15-11-6-5-8(13)10(7-14)16-11/h5-6,9H,2-4H2,1H3,(H,15,16)(H,17,18)/t9-/m0/s1. The lowest BCUT2D eigenvalue weighted by Gasteiger charge is -2.14. The average Bonchev–Trinajstić information content (AvgIpc) is 2.36. The lowest BCUT2D eigenvalue weighted by atomic mass is 10.1. The second-order valence-corrected chi connectivity index (χ2v) is 4.22. The molecule has 6 heteroatoms. The summed E-state index contributed by atoms with van der Waals surface area (Å²) in [5.41, 5.74) is 0.0845. The number of nitrogens with one attached hydrogen (secondary N) is 1. The molecule has 0 spiro atoms. The van der Waals surface area contributed by atoms with Gasteiger partial charge in [-0.3, -0.25) is 0 Å². The van der Waals surface area contributed by atoms with Crippen molar-refractivity contribution in [3.8, 4) is 6.07 Å². The van der Waals surface area contributed by atoms with Crippen LogP contribution >= 0.6 is 11.6 Å². The number of nitriles is 1. The third-order valence-electron chi connectivity index (χ3n) is 2.42. The highest BCUT2D eigenvalue weighted by molar-refractivity contribution is 6.31. The minimum absolute atomic E-state index is 0.0845. The average molecular weight is 268 g/mol. The first kappa shape index (κ1) is 14.3. The molecule has 0 bridgehead atoms. The summed E-state index contributed by atoms with van der Waals surface area (Å²) in [6.07, 6.45) is 2.24. The van der Waals surface area contributed by atoms with Gasteiger partial charge in [-0.25, -0.2) is 9.78 Å². The van der Waals surface area contributed by atoms with Crippen molar-refractivity contribution in [2.24, 2.45) is 0 Å². The summed E-state index contributed by atoms with van der Waals surface area (Å²) in [4.78, 5) is 15.0. The van der Waals surface area contributed by atoms with E-state index in [9.17, 15) is 4.79 Å². The normalized spacial score (nSPS) is 11.6. The van der Waals surface area contributed by atoms with Crippen LogP contribution in [-0.2, 0) is 4.79 Å². The predicted molar refractivity (Wildman–Crippen MR) is 68.5 cm³/mol. The quantitative estimate of drug-likeness (QED) is 0.827. The number of carboxylic acid groups (broad SMARTS) is 1. The van der Waals surface area contributed by atoms with E-state index in [1.54, 1.807) is 6.07 Å². The van der Waals surface area contributed by atoms with E-state index in [2.05, 4.69) is 10.3 Å².